The first-order valence-electron chi connectivity index (χ1n) is 13.7. The predicted octanol–water partition coefficient (Wildman–Crippen LogP) is -0.712. The van der Waals surface area contributed by atoms with Gasteiger partial charge in [-0.25, -0.2) is 4.79 Å². The molecule has 0 bridgehead atoms. The lowest BCUT2D eigenvalue weighted by Gasteiger charge is -2.49. The number of carbonyl (C=O) groups excluding carboxylic acids is 1. The Labute approximate surface area is 251 Å². The predicted molar refractivity (Wildman–Crippen MR) is 147 cm³/mol. The Morgan fingerprint density at radius 2 is 1.55 bits per heavy atom. The summed E-state index contributed by atoms with van der Waals surface area (Å²) >= 11 is 0. The number of aliphatic hydroxyl groups excluding tert-OH is 4. The molecule has 0 radical (unpaired) electrons. The number of benzene rings is 2. The summed E-state index contributed by atoms with van der Waals surface area (Å²) in [7, 11) is 0. The molecule has 15 nitrogen and oxygen atoms in total. The molecule has 4 rings (SSSR count). The molecular formula is C29H36O15. The van der Waals surface area contributed by atoms with Gasteiger partial charge < -0.3 is 69.6 Å². The average molecular weight is 625 g/mol. The van der Waals surface area contributed by atoms with Crippen molar-refractivity contribution in [2.24, 2.45) is 0 Å². The zero-order valence-corrected chi connectivity index (χ0v) is 23.7. The van der Waals surface area contributed by atoms with Crippen molar-refractivity contribution in [3.63, 3.8) is 0 Å². The minimum Gasteiger partial charge on any atom is -0.504 e. The number of esters is 1. The number of hydrogen-bond acceptors (Lipinski definition) is 15. The summed E-state index contributed by atoms with van der Waals surface area (Å²) in [5, 5.41) is 92.9. The first-order valence-corrected chi connectivity index (χ1v) is 13.7. The van der Waals surface area contributed by atoms with Crippen LogP contribution in [0.1, 0.15) is 25.0 Å². The van der Waals surface area contributed by atoms with E-state index >= 15 is 0 Å². The number of aliphatic hydroxyl groups is 5. The maximum absolute atomic E-state index is 12.9. The topological polar surface area (TPSA) is 245 Å². The Kier molecular flexibility index (Phi) is 10.3. The highest BCUT2D eigenvalue weighted by Crippen LogP contribution is 2.42. The second-order valence-electron chi connectivity index (χ2n) is 10.4. The molecule has 0 spiro atoms. The number of phenols is 4. The molecule has 2 fully saturated rings. The molecule has 0 aliphatic carbocycles. The van der Waals surface area contributed by atoms with Gasteiger partial charge in [0.2, 0.25) is 0 Å². The minimum atomic E-state index is -2.48. The fourth-order valence-corrected chi connectivity index (χ4v) is 4.93. The molecule has 0 saturated carbocycles. The van der Waals surface area contributed by atoms with Crippen LogP contribution in [0.4, 0.5) is 0 Å². The van der Waals surface area contributed by atoms with Crippen LogP contribution in [0, 0.1) is 0 Å². The summed E-state index contributed by atoms with van der Waals surface area (Å²) < 4.78 is 28.1. The lowest BCUT2D eigenvalue weighted by molar-refractivity contribution is -0.358. The molecular weight excluding hydrogens is 588 g/mol. The summed E-state index contributed by atoms with van der Waals surface area (Å²) in [5.74, 6) is -2.99. The van der Waals surface area contributed by atoms with Crippen LogP contribution in [0.5, 0.6) is 23.0 Å². The molecule has 44 heavy (non-hydrogen) atoms. The normalized spacial score (nSPS) is 34.2. The summed E-state index contributed by atoms with van der Waals surface area (Å²) in [4.78, 5) is 12.9. The van der Waals surface area contributed by atoms with Gasteiger partial charge in [-0.1, -0.05) is 12.1 Å². The Hall–Kier alpha value is -3.51. The summed E-state index contributed by atoms with van der Waals surface area (Å²) in [6.45, 7) is 2.44. The fourth-order valence-electron chi connectivity index (χ4n) is 4.93. The quantitative estimate of drug-likeness (QED) is 0.0950. The maximum Gasteiger partial charge on any atom is 0.331 e. The van der Waals surface area contributed by atoms with Crippen molar-refractivity contribution in [1.29, 1.82) is 0 Å². The van der Waals surface area contributed by atoms with E-state index < -0.39 is 90.7 Å². The van der Waals surface area contributed by atoms with Crippen LogP contribution in [0.2, 0.25) is 0 Å². The van der Waals surface area contributed by atoms with Crippen LogP contribution in [-0.4, -0.2) is 120 Å². The van der Waals surface area contributed by atoms with Crippen molar-refractivity contribution in [1.82, 2.24) is 0 Å². The molecule has 15 heteroatoms. The van der Waals surface area contributed by atoms with Crippen LogP contribution >= 0.6 is 0 Å². The molecule has 10 atom stereocenters. The number of phenolic OH excluding ortho intramolecular Hbond substituents is 4. The lowest BCUT2D eigenvalue weighted by Crippen LogP contribution is -2.66. The zero-order valence-electron chi connectivity index (χ0n) is 23.7. The van der Waals surface area contributed by atoms with Crippen molar-refractivity contribution in [2.75, 3.05) is 13.2 Å². The van der Waals surface area contributed by atoms with E-state index in [4.69, 9.17) is 23.7 Å². The standard InChI is InChI=1S/C29H36O15/c1-3-40-28-29(39,15-6-8-17(31)19(33)11-15)26(38)25(44-21(34)9-5-14-4-7-16(30)18(32)10-14)20(43-28)12-41-27-24(37)23(36)22(35)13(2)42-27/h4-11,13,20,22-28,30-33,35-39H,3,12H2,1-2H3/b9-5+/t13-,20+,22-,23+,24+,25+,26-,27+,28+,29+/m0/s1. The highest BCUT2D eigenvalue weighted by Gasteiger charge is 2.59. The van der Waals surface area contributed by atoms with Crippen molar-refractivity contribution in [3.05, 3.63) is 53.6 Å². The smallest absolute Gasteiger partial charge is 0.331 e. The highest BCUT2D eigenvalue weighted by molar-refractivity contribution is 5.87. The van der Waals surface area contributed by atoms with Gasteiger partial charge in [0.15, 0.2) is 47.3 Å². The van der Waals surface area contributed by atoms with E-state index in [0.29, 0.717) is 5.56 Å². The van der Waals surface area contributed by atoms with Gasteiger partial charge in [-0.3, -0.25) is 0 Å². The van der Waals surface area contributed by atoms with E-state index in [9.17, 15) is 50.8 Å². The molecule has 2 aliphatic rings. The molecule has 242 valence electrons. The van der Waals surface area contributed by atoms with Crippen LogP contribution < -0.4 is 0 Å². The molecule has 2 heterocycles. The number of rotatable bonds is 9. The lowest BCUT2D eigenvalue weighted by atomic mass is 9.80. The summed E-state index contributed by atoms with van der Waals surface area (Å²) in [6.07, 6.45) is -11.6. The molecule has 9 N–H and O–H groups in total. The van der Waals surface area contributed by atoms with Crippen molar-refractivity contribution >= 4 is 12.0 Å². The van der Waals surface area contributed by atoms with E-state index in [-0.39, 0.29) is 17.9 Å². The Morgan fingerprint density at radius 3 is 2.18 bits per heavy atom. The molecule has 0 aromatic heterocycles. The monoisotopic (exact) mass is 624 g/mol. The largest absolute Gasteiger partial charge is 0.504 e. The highest BCUT2D eigenvalue weighted by atomic mass is 16.7. The van der Waals surface area contributed by atoms with Gasteiger partial charge in [-0.15, -0.1) is 0 Å². The third kappa shape index (κ3) is 6.76. The molecule has 0 unspecified atom stereocenters. The molecule has 2 aromatic carbocycles. The van der Waals surface area contributed by atoms with Crippen molar-refractivity contribution < 1.29 is 74.4 Å². The second kappa shape index (κ2) is 13.6. The third-order valence-corrected chi connectivity index (χ3v) is 7.44. The average Bonchev–Trinajstić information content (AvgIpc) is 2.99. The Balaban J connectivity index is 1.64. The second-order valence-corrected chi connectivity index (χ2v) is 10.4. The SMILES string of the molecule is CCO[C@@H]1O[C@H](CO[C@@H]2O[C@@H](C)[C@H](O)[C@@H](O)[C@H]2O)[C@@H](OC(=O)/C=C/c2ccc(O)c(O)c2)[C@H](O)[C@]1(O)c1ccc(O)c(O)c1. The Bertz CT molecular complexity index is 1330. The van der Waals surface area contributed by atoms with Gasteiger partial charge in [-0.05, 0) is 55.3 Å². The molecule has 2 saturated heterocycles. The van der Waals surface area contributed by atoms with Gasteiger partial charge in [0.05, 0.1) is 12.7 Å². The third-order valence-electron chi connectivity index (χ3n) is 7.44. The summed E-state index contributed by atoms with van der Waals surface area (Å²) in [6, 6.07) is 7.01. The van der Waals surface area contributed by atoms with Crippen LogP contribution in [0.15, 0.2) is 42.5 Å². The summed E-state index contributed by atoms with van der Waals surface area (Å²) in [5.41, 5.74) is -2.33. The minimum absolute atomic E-state index is 0.0317. The molecule has 2 aliphatic heterocycles. The van der Waals surface area contributed by atoms with E-state index in [1.807, 2.05) is 0 Å². The van der Waals surface area contributed by atoms with E-state index in [1.54, 1.807) is 6.92 Å². The first kappa shape index (κ1) is 33.4. The first-order chi connectivity index (χ1) is 20.8. The number of carbonyl (C=O) groups is 1. The fraction of sp³-hybridized carbons (Fsp3) is 0.483. The van der Waals surface area contributed by atoms with Crippen LogP contribution in [0.25, 0.3) is 6.08 Å². The van der Waals surface area contributed by atoms with E-state index in [2.05, 4.69) is 0 Å². The van der Waals surface area contributed by atoms with E-state index in [0.717, 1.165) is 18.2 Å². The number of aromatic hydroxyl groups is 4. The van der Waals surface area contributed by atoms with Crippen LogP contribution in [0.3, 0.4) is 0 Å². The Morgan fingerprint density at radius 1 is 0.886 bits per heavy atom. The van der Waals surface area contributed by atoms with Gasteiger partial charge in [0, 0.05) is 12.7 Å². The van der Waals surface area contributed by atoms with Gasteiger partial charge in [-0.2, -0.15) is 0 Å². The molecule has 0 amide bonds. The zero-order chi connectivity index (χ0) is 32.3. The van der Waals surface area contributed by atoms with Gasteiger partial charge >= 0.3 is 5.97 Å². The maximum atomic E-state index is 12.9. The number of ether oxygens (including phenoxy) is 5. The molecule has 2 aromatic rings. The van der Waals surface area contributed by atoms with Crippen LogP contribution in [-0.2, 0) is 34.1 Å². The van der Waals surface area contributed by atoms with Crippen molar-refractivity contribution in [3.8, 4) is 23.0 Å². The number of hydrogen-bond donors (Lipinski definition) is 9. The van der Waals surface area contributed by atoms with Gasteiger partial charge in [0.25, 0.3) is 0 Å². The van der Waals surface area contributed by atoms with Gasteiger partial charge in [0.1, 0.15) is 30.5 Å². The van der Waals surface area contributed by atoms with Crippen molar-refractivity contribution in [2.45, 2.75) is 74.8 Å². The van der Waals surface area contributed by atoms with E-state index in [1.165, 1.54) is 37.3 Å².